The smallest absolute Gasteiger partial charge is 0.310 e. The molecule has 0 radical (unpaired) electrons. The van der Waals surface area contributed by atoms with Crippen molar-refractivity contribution in [2.75, 3.05) is 7.11 Å². The van der Waals surface area contributed by atoms with E-state index in [-0.39, 0.29) is 11.9 Å². The zero-order chi connectivity index (χ0) is 8.85. The van der Waals surface area contributed by atoms with E-state index in [2.05, 4.69) is 0 Å². The summed E-state index contributed by atoms with van der Waals surface area (Å²) >= 11 is 0. The van der Waals surface area contributed by atoms with Crippen molar-refractivity contribution in [3.8, 4) is 0 Å². The van der Waals surface area contributed by atoms with Crippen molar-refractivity contribution in [2.24, 2.45) is 5.92 Å². The third kappa shape index (κ3) is 3.98. The number of rotatable bonds is 4. The van der Waals surface area contributed by atoms with Gasteiger partial charge in [0.1, 0.15) is 0 Å². The maximum absolute atomic E-state index is 11.0. The molecule has 66 valence electrons. The maximum Gasteiger partial charge on any atom is 0.310 e. The van der Waals surface area contributed by atoms with Gasteiger partial charge in [-0.25, -0.2) is 0 Å². The van der Waals surface area contributed by atoms with E-state index in [9.17, 15) is 4.79 Å². The summed E-state index contributed by atoms with van der Waals surface area (Å²) in [6.07, 6.45) is 0.367. The van der Waals surface area contributed by atoms with Crippen LogP contribution in [-0.4, -0.2) is 19.4 Å². The van der Waals surface area contributed by atoms with E-state index >= 15 is 0 Å². The molecule has 3 nitrogen and oxygen atoms in total. The number of carbonyl (C=O) groups excluding carboxylic acids is 1. The summed E-state index contributed by atoms with van der Waals surface area (Å²) in [6, 6.07) is 0. The molecular formula is C8H16O3. The van der Waals surface area contributed by atoms with Crippen molar-refractivity contribution in [1.29, 1.82) is 0 Å². The van der Waals surface area contributed by atoms with E-state index in [0.29, 0.717) is 0 Å². The number of methoxy groups -OCH3 is 1. The quantitative estimate of drug-likeness (QED) is 0.462. The second-order valence-corrected chi connectivity index (χ2v) is 2.55. The zero-order valence-electron chi connectivity index (χ0n) is 7.59. The topological polar surface area (TPSA) is 35.5 Å². The minimum Gasteiger partial charge on any atom is -0.436 e. The monoisotopic (exact) mass is 160 g/mol. The second kappa shape index (κ2) is 5.13. The molecule has 0 spiro atoms. The Hall–Kier alpha value is -0.570. The summed E-state index contributed by atoms with van der Waals surface area (Å²) in [7, 11) is 1.51. The molecule has 11 heavy (non-hydrogen) atoms. The van der Waals surface area contributed by atoms with Crippen molar-refractivity contribution in [3.63, 3.8) is 0 Å². The summed E-state index contributed by atoms with van der Waals surface area (Å²) in [5.41, 5.74) is 0. The van der Waals surface area contributed by atoms with Crippen molar-refractivity contribution >= 4 is 5.97 Å². The molecule has 0 aliphatic heterocycles. The fourth-order valence-electron chi connectivity index (χ4n) is 0.495. The van der Waals surface area contributed by atoms with Gasteiger partial charge in [-0.05, 0) is 13.3 Å². The van der Waals surface area contributed by atoms with Crippen LogP contribution in [0.5, 0.6) is 0 Å². The summed E-state index contributed by atoms with van der Waals surface area (Å²) in [6.45, 7) is 5.48. The molecule has 0 aromatic carbocycles. The van der Waals surface area contributed by atoms with Gasteiger partial charge >= 0.3 is 5.97 Å². The van der Waals surface area contributed by atoms with E-state index in [4.69, 9.17) is 9.47 Å². The highest BCUT2D eigenvalue weighted by Gasteiger charge is 2.14. The summed E-state index contributed by atoms with van der Waals surface area (Å²) < 4.78 is 9.66. The molecule has 0 bridgehead atoms. The lowest BCUT2D eigenvalue weighted by Crippen LogP contribution is -2.21. The van der Waals surface area contributed by atoms with Crippen LogP contribution in [-0.2, 0) is 14.3 Å². The number of carbonyl (C=O) groups is 1. The molecular weight excluding hydrogens is 144 g/mol. The number of ether oxygens (including phenoxy) is 2. The van der Waals surface area contributed by atoms with E-state index in [1.54, 1.807) is 6.92 Å². The summed E-state index contributed by atoms with van der Waals surface area (Å²) in [5, 5.41) is 0. The van der Waals surface area contributed by atoms with Crippen LogP contribution in [0.2, 0.25) is 0 Å². The van der Waals surface area contributed by atoms with Crippen LogP contribution in [0, 0.1) is 5.92 Å². The van der Waals surface area contributed by atoms with E-state index in [1.165, 1.54) is 7.11 Å². The first kappa shape index (κ1) is 10.4. The molecule has 2 atom stereocenters. The first-order valence-corrected chi connectivity index (χ1v) is 3.85. The van der Waals surface area contributed by atoms with E-state index in [0.717, 1.165) is 6.42 Å². The van der Waals surface area contributed by atoms with Crippen molar-refractivity contribution in [1.82, 2.24) is 0 Å². The van der Waals surface area contributed by atoms with Crippen LogP contribution in [0.25, 0.3) is 0 Å². The van der Waals surface area contributed by atoms with Gasteiger partial charge in [0.2, 0.25) is 0 Å². The number of hydrogen-bond acceptors (Lipinski definition) is 3. The lowest BCUT2D eigenvalue weighted by molar-refractivity contribution is -0.174. The molecule has 0 aliphatic carbocycles. The Balaban J connectivity index is 3.68. The average Bonchev–Trinajstić information content (AvgIpc) is 2.02. The minimum atomic E-state index is -0.434. The summed E-state index contributed by atoms with van der Waals surface area (Å²) in [5.74, 6) is -0.227. The molecule has 0 fully saturated rings. The Morgan fingerprint density at radius 3 is 2.36 bits per heavy atom. The van der Waals surface area contributed by atoms with Gasteiger partial charge < -0.3 is 9.47 Å². The third-order valence-corrected chi connectivity index (χ3v) is 1.63. The molecule has 0 saturated carbocycles. The van der Waals surface area contributed by atoms with Gasteiger partial charge in [-0.3, -0.25) is 4.79 Å². The van der Waals surface area contributed by atoms with E-state index in [1.807, 2.05) is 13.8 Å². The second-order valence-electron chi connectivity index (χ2n) is 2.55. The lowest BCUT2D eigenvalue weighted by Gasteiger charge is -2.13. The van der Waals surface area contributed by atoms with Crippen LogP contribution in [0.4, 0.5) is 0 Å². The van der Waals surface area contributed by atoms with Crippen molar-refractivity contribution in [2.45, 2.75) is 33.5 Å². The van der Waals surface area contributed by atoms with Crippen LogP contribution >= 0.6 is 0 Å². The van der Waals surface area contributed by atoms with Crippen LogP contribution in [0.3, 0.4) is 0 Å². The number of hydrogen-bond donors (Lipinski definition) is 0. The van der Waals surface area contributed by atoms with Gasteiger partial charge in [0.05, 0.1) is 5.92 Å². The Labute approximate surface area is 67.7 Å². The van der Waals surface area contributed by atoms with Gasteiger partial charge in [0.15, 0.2) is 6.29 Å². The predicted molar refractivity (Wildman–Crippen MR) is 42.0 cm³/mol. The van der Waals surface area contributed by atoms with Gasteiger partial charge in [-0.2, -0.15) is 0 Å². The standard InChI is InChI=1S/C8H16O3/c1-5-6(2)8(9)11-7(3)10-4/h6-7H,5H2,1-4H3. The SMILES string of the molecule is CCC(C)C(=O)OC(C)OC. The third-order valence-electron chi connectivity index (χ3n) is 1.63. The first-order valence-electron chi connectivity index (χ1n) is 3.85. The maximum atomic E-state index is 11.0. The predicted octanol–water partition coefficient (Wildman–Crippen LogP) is 1.57. The normalized spacial score (nSPS) is 15.6. The van der Waals surface area contributed by atoms with Gasteiger partial charge in [0.25, 0.3) is 0 Å². The number of esters is 1. The molecule has 0 aromatic heterocycles. The highest BCUT2D eigenvalue weighted by Crippen LogP contribution is 2.05. The molecule has 0 aliphatic rings. The fraction of sp³-hybridized carbons (Fsp3) is 0.875. The lowest BCUT2D eigenvalue weighted by atomic mass is 10.1. The fourth-order valence-corrected chi connectivity index (χ4v) is 0.495. The Morgan fingerprint density at radius 1 is 1.45 bits per heavy atom. The van der Waals surface area contributed by atoms with Crippen LogP contribution < -0.4 is 0 Å². The largest absolute Gasteiger partial charge is 0.436 e. The van der Waals surface area contributed by atoms with Crippen LogP contribution in [0.15, 0.2) is 0 Å². The molecule has 2 unspecified atom stereocenters. The van der Waals surface area contributed by atoms with Gasteiger partial charge in [-0.1, -0.05) is 13.8 Å². The molecule has 0 N–H and O–H groups in total. The molecule has 0 saturated heterocycles. The van der Waals surface area contributed by atoms with Crippen molar-refractivity contribution < 1.29 is 14.3 Å². The van der Waals surface area contributed by atoms with Crippen molar-refractivity contribution in [3.05, 3.63) is 0 Å². The highest BCUT2D eigenvalue weighted by atomic mass is 16.7. The van der Waals surface area contributed by atoms with Gasteiger partial charge in [-0.15, -0.1) is 0 Å². The molecule has 0 heterocycles. The Bertz CT molecular complexity index is 123. The Kier molecular flexibility index (Phi) is 4.86. The minimum absolute atomic E-state index is 0.0346. The molecule has 0 amide bonds. The van der Waals surface area contributed by atoms with E-state index < -0.39 is 6.29 Å². The summed E-state index contributed by atoms with van der Waals surface area (Å²) in [4.78, 5) is 11.0. The molecule has 3 heteroatoms. The molecule has 0 aromatic rings. The van der Waals surface area contributed by atoms with Crippen LogP contribution in [0.1, 0.15) is 27.2 Å². The first-order chi connectivity index (χ1) is 5.11. The zero-order valence-corrected chi connectivity index (χ0v) is 7.59. The highest BCUT2D eigenvalue weighted by molar-refractivity contribution is 5.71. The molecule has 0 rings (SSSR count). The Morgan fingerprint density at radius 2 is 2.00 bits per heavy atom. The average molecular weight is 160 g/mol. The van der Waals surface area contributed by atoms with Gasteiger partial charge in [0, 0.05) is 7.11 Å².